The van der Waals surface area contributed by atoms with Gasteiger partial charge in [0.2, 0.25) is 5.43 Å². The van der Waals surface area contributed by atoms with Crippen molar-refractivity contribution < 1.29 is 18.7 Å². The molecule has 1 aliphatic heterocycles. The zero-order chi connectivity index (χ0) is 20.0. The van der Waals surface area contributed by atoms with E-state index in [9.17, 15) is 19.1 Å². The van der Waals surface area contributed by atoms with Gasteiger partial charge in [-0.25, -0.2) is 13.6 Å². The third-order valence-corrected chi connectivity index (χ3v) is 6.75. The predicted molar refractivity (Wildman–Crippen MR) is 99.8 cm³/mol. The molecule has 148 valence electrons. The second kappa shape index (κ2) is 5.53. The van der Waals surface area contributed by atoms with Crippen LogP contribution >= 0.6 is 0 Å². The Balaban J connectivity index is 1.73. The lowest BCUT2D eigenvalue weighted by atomic mass is 9.60. The van der Waals surface area contributed by atoms with E-state index >= 15 is 4.39 Å². The number of pyridine rings is 1. The molecule has 6 nitrogen and oxygen atoms in total. The minimum absolute atomic E-state index is 0.0115. The SMILES string of the molecule is C[C@@]12C[C@H](N)[C@@H]1CN(c1c(F)cc3c(=O)c(C(=O)O)cn(C4CC4)c3c1F)C2. The predicted octanol–water partition coefficient (Wildman–Crippen LogP) is 2.49. The summed E-state index contributed by atoms with van der Waals surface area (Å²) in [7, 11) is 0. The second-order valence-corrected chi connectivity index (χ2v) is 8.74. The molecule has 2 aliphatic carbocycles. The number of hydrogen-bond acceptors (Lipinski definition) is 4. The molecule has 28 heavy (non-hydrogen) atoms. The highest BCUT2D eigenvalue weighted by Gasteiger charge is 2.55. The molecule has 8 heteroatoms. The van der Waals surface area contributed by atoms with Gasteiger partial charge in [-0.05, 0) is 36.7 Å². The van der Waals surface area contributed by atoms with Gasteiger partial charge in [-0.2, -0.15) is 0 Å². The number of aromatic nitrogens is 1. The molecule has 0 amide bonds. The molecule has 5 rings (SSSR count). The molecule has 0 bridgehead atoms. The van der Waals surface area contributed by atoms with Crippen molar-refractivity contribution in [3.63, 3.8) is 0 Å². The van der Waals surface area contributed by atoms with Crippen molar-refractivity contribution >= 4 is 22.6 Å². The van der Waals surface area contributed by atoms with E-state index in [-0.39, 0.29) is 40.0 Å². The molecular formula is C20H21F2N3O3. The van der Waals surface area contributed by atoms with Crippen LogP contribution in [0.5, 0.6) is 0 Å². The highest BCUT2D eigenvalue weighted by atomic mass is 19.1. The molecule has 2 saturated carbocycles. The fourth-order valence-corrected chi connectivity index (χ4v) is 5.15. The lowest BCUT2D eigenvalue weighted by Gasteiger charge is -2.46. The number of carbonyl (C=O) groups is 1. The minimum Gasteiger partial charge on any atom is -0.477 e. The third kappa shape index (κ3) is 2.27. The molecule has 2 aromatic rings. The number of halogens is 2. The lowest BCUT2D eigenvalue weighted by Crippen LogP contribution is -2.53. The third-order valence-electron chi connectivity index (χ3n) is 6.75. The Labute approximate surface area is 159 Å². The van der Waals surface area contributed by atoms with E-state index < -0.39 is 28.6 Å². The highest BCUT2D eigenvalue weighted by Crippen LogP contribution is 2.52. The number of aromatic carboxylic acids is 1. The van der Waals surface area contributed by atoms with Crippen LogP contribution < -0.4 is 16.1 Å². The van der Waals surface area contributed by atoms with E-state index in [1.807, 2.05) is 0 Å². The largest absolute Gasteiger partial charge is 0.477 e. The number of hydrogen-bond donors (Lipinski definition) is 2. The summed E-state index contributed by atoms with van der Waals surface area (Å²) in [6.45, 7) is 3.06. The standard InChI is InChI=1S/C20H21F2N3O3/c1-20-5-14(23)12(20)7-24(8-20)17-13(21)4-10-16(15(17)22)25(9-2-3-9)6-11(18(10)26)19(27)28/h4,6,9,12,14H,2-3,5,7-8,23H2,1H3,(H,27,28)/t12-,14-,20-/m0/s1. The number of nitrogens with zero attached hydrogens (tertiary/aromatic N) is 2. The van der Waals surface area contributed by atoms with Crippen LogP contribution in [0.3, 0.4) is 0 Å². The van der Waals surface area contributed by atoms with E-state index in [1.54, 1.807) is 4.90 Å². The molecule has 0 unspecified atom stereocenters. The first-order valence-electron chi connectivity index (χ1n) is 9.52. The van der Waals surface area contributed by atoms with E-state index in [2.05, 4.69) is 6.92 Å². The van der Waals surface area contributed by atoms with Gasteiger partial charge in [0.25, 0.3) is 0 Å². The summed E-state index contributed by atoms with van der Waals surface area (Å²) in [5, 5.41) is 9.09. The number of benzene rings is 1. The summed E-state index contributed by atoms with van der Waals surface area (Å²) in [6, 6.07) is 0.947. The summed E-state index contributed by atoms with van der Waals surface area (Å²) in [5.41, 5.74) is 4.53. The number of nitrogens with two attached hydrogens (primary N) is 1. The molecule has 0 spiro atoms. The van der Waals surface area contributed by atoms with Gasteiger partial charge in [0.05, 0.1) is 10.9 Å². The van der Waals surface area contributed by atoms with Gasteiger partial charge in [0.1, 0.15) is 17.1 Å². The van der Waals surface area contributed by atoms with Crippen molar-refractivity contribution in [1.82, 2.24) is 4.57 Å². The quantitative estimate of drug-likeness (QED) is 0.842. The monoisotopic (exact) mass is 389 g/mol. The Morgan fingerprint density at radius 3 is 2.64 bits per heavy atom. The van der Waals surface area contributed by atoms with Gasteiger partial charge in [0.15, 0.2) is 5.82 Å². The maximum atomic E-state index is 15.6. The Morgan fingerprint density at radius 1 is 1.36 bits per heavy atom. The lowest BCUT2D eigenvalue weighted by molar-refractivity contribution is 0.0694. The van der Waals surface area contributed by atoms with Crippen LogP contribution in [0, 0.1) is 23.0 Å². The van der Waals surface area contributed by atoms with Crippen LogP contribution in [0.4, 0.5) is 14.5 Å². The fourth-order valence-electron chi connectivity index (χ4n) is 5.15. The zero-order valence-corrected chi connectivity index (χ0v) is 15.4. The Hall–Kier alpha value is -2.48. The van der Waals surface area contributed by atoms with Gasteiger partial charge >= 0.3 is 5.97 Å². The van der Waals surface area contributed by atoms with Crippen LogP contribution in [0.25, 0.3) is 10.9 Å². The first-order valence-corrected chi connectivity index (χ1v) is 9.52. The van der Waals surface area contributed by atoms with Crippen molar-refractivity contribution in [1.29, 1.82) is 0 Å². The average molecular weight is 389 g/mol. The number of fused-ring (bicyclic) bond motifs is 2. The summed E-state index contributed by atoms with van der Waals surface area (Å²) in [6.07, 6.45) is 3.55. The average Bonchev–Trinajstić information content (AvgIpc) is 3.41. The molecular weight excluding hydrogens is 368 g/mol. The molecule has 1 aromatic carbocycles. The van der Waals surface area contributed by atoms with E-state index in [1.165, 1.54) is 10.8 Å². The maximum absolute atomic E-state index is 15.6. The minimum atomic E-state index is -1.40. The molecule has 1 aromatic heterocycles. The molecule has 3 fully saturated rings. The summed E-state index contributed by atoms with van der Waals surface area (Å²) in [4.78, 5) is 25.7. The van der Waals surface area contributed by atoms with Crippen molar-refractivity contribution in [2.75, 3.05) is 18.0 Å². The van der Waals surface area contributed by atoms with Gasteiger partial charge in [-0.3, -0.25) is 4.79 Å². The Kier molecular flexibility index (Phi) is 3.48. The first kappa shape index (κ1) is 17.6. The van der Waals surface area contributed by atoms with Crippen molar-refractivity contribution in [2.24, 2.45) is 17.1 Å². The maximum Gasteiger partial charge on any atom is 0.341 e. The molecule has 3 aliphatic rings. The van der Waals surface area contributed by atoms with E-state index in [4.69, 9.17) is 5.73 Å². The number of anilines is 1. The fraction of sp³-hybridized carbons (Fsp3) is 0.500. The van der Waals surface area contributed by atoms with Crippen molar-refractivity contribution in [3.8, 4) is 0 Å². The van der Waals surface area contributed by atoms with Crippen LogP contribution in [-0.4, -0.2) is 34.8 Å². The van der Waals surface area contributed by atoms with Crippen LogP contribution in [0.2, 0.25) is 0 Å². The molecule has 3 atom stereocenters. The second-order valence-electron chi connectivity index (χ2n) is 8.74. The molecule has 0 radical (unpaired) electrons. The number of rotatable bonds is 3. The Bertz CT molecular complexity index is 1090. The van der Waals surface area contributed by atoms with Crippen LogP contribution in [0.15, 0.2) is 17.1 Å². The molecule has 3 N–H and O–H groups in total. The van der Waals surface area contributed by atoms with Crippen LogP contribution in [-0.2, 0) is 0 Å². The zero-order valence-electron chi connectivity index (χ0n) is 15.4. The number of carboxylic acids is 1. The van der Waals surface area contributed by atoms with Gasteiger partial charge in [-0.1, -0.05) is 6.92 Å². The smallest absolute Gasteiger partial charge is 0.341 e. The first-order chi connectivity index (χ1) is 13.2. The van der Waals surface area contributed by atoms with Gasteiger partial charge in [0, 0.05) is 31.4 Å². The van der Waals surface area contributed by atoms with E-state index in [0.717, 1.165) is 25.3 Å². The Morgan fingerprint density at radius 2 is 2.07 bits per heavy atom. The van der Waals surface area contributed by atoms with Gasteiger partial charge in [-0.15, -0.1) is 0 Å². The van der Waals surface area contributed by atoms with Crippen molar-refractivity contribution in [3.05, 3.63) is 39.7 Å². The molecule has 2 heterocycles. The summed E-state index contributed by atoms with van der Waals surface area (Å²) < 4.78 is 32.1. The highest BCUT2D eigenvalue weighted by molar-refractivity contribution is 5.94. The number of carboxylic acid groups (broad SMARTS) is 1. The van der Waals surface area contributed by atoms with E-state index in [0.29, 0.717) is 13.1 Å². The van der Waals surface area contributed by atoms with Crippen LogP contribution in [0.1, 0.15) is 42.6 Å². The topological polar surface area (TPSA) is 88.6 Å². The van der Waals surface area contributed by atoms with Gasteiger partial charge < -0.3 is 20.3 Å². The normalized spacial score (nSPS) is 29.1. The summed E-state index contributed by atoms with van der Waals surface area (Å²) in [5.74, 6) is -2.86. The summed E-state index contributed by atoms with van der Waals surface area (Å²) >= 11 is 0. The molecule has 1 saturated heterocycles. The van der Waals surface area contributed by atoms with Crippen molar-refractivity contribution in [2.45, 2.75) is 38.3 Å².